The number of H-pyrrole nitrogens is 1. The smallest absolute Gasteiger partial charge is 0.256 e. The van der Waals surface area contributed by atoms with Gasteiger partial charge in [0.05, 0.1) is 11.8 Å². The summed E-state index contributed by atoms with van der Waals surface area (Å²) in [5.74, 6) is -0.923. The summed E-state index contributed by atoms with van der Waals surface area (Å²) in [5.41, 5.74) is 1.07. The molecule has 1 aromatic carbocycles. The second kappa shape index (κ2) is 4.97. The van der Waals surface area contributed by atoms with Gasteiger partial charge in [-0.15, -0.1) is 0 Å². The van der Waals surface area contributed by atoms with Gasteiger partial charge >= 0.3 is 0 Å². The zero-order valence-electron chi connectivity index (χ0n) is 10.4. The molecule has 1 aliphatic rings. The van der Waals surface area contributed by atoms with E-state index in [0.29, 0.717) is 11.0 Å². The number of rotatable bonds is 2. The number of carbonyl (C=O) groups is 1. The SMILES string of the molecule is O=C(NC1CCNCC1)c1c(F)ccc2[nH]cnc12. The van der Waals surface area contributed by atoms with Crippen molar-refractivity contribution in [1.82, 2.24) is 20.6 Å². The minimum atomic E-state index is -0.536. The fourth-order valence-electron chi connectivity index (χ4n) is 2.42. The predicted molar refractivity (Wildman–Crippen MR) is 69.4 cm³/mol. The number of nitrogens with zero attached hydrogens (tertiary/aromatic N) is 1. The number of fused-ring (bicyclic) bond motifs is 1. The van der Waals surface area contributed by atoms with Crippen LogP contribution >= 0.6 is 0 Å². The van der Waals surface area contributed by atoms with Gasteiger partial charge in [0.15, 0.2) is 0 Å². The highest BCUT2D eigenvalue weighted by molar-refractivity contribution is 6.05. The highest BCUT2D eigenvalue weighted by atomic mass is 19.1. The van der Waals surface area contributed by atoms with E-state index in [1.165, 1.54) is 12.4 Å². The third-order valence-electron chi connectivity index (χ3n) is 3.44. The largest absolute Gasteiger partial charge is 0.349 e. The van der Waals surface area contributed by atoms with Crippen LogP contribution in [0.1, 0.15) is 23.2 Å². The molecule has 1 amide bonds. The number of piperidine rings is 1. The van der Waals surface area contributed by atoms with E-state index in [2.05, 4.69) is 20.6 Å². The van der Waals surface area contributed by atoms with Crippen LogP contribution in [-0.2, 0) is 0 Å². The van der Waals surface area contributed by atoms with Crippen LogP contribution < -0.4 is 10.6 Å². The second-order valence-corrected chi connectivity index (χ2v) is 4.72. The average Bonchev–Trinajstić information content (AvgIpc) is 2.87. The number of hydrogen-bond acceptors (Lipinski definition) is 3. The van der Waals surface area contributed by atoms with Crippen LogP contribution in [-0.4, -0.2) is 35.0 Å². The van der Waals surface area contributed by atoms with Crippen LogP contribution in [0.5, 0.6) is 0 Å². The fraction of sp³-hybridized carbons (Fsp3) is 0.385. The van der Waals surface area contributed by atoms with Crippen molar-refractivity contribution in [2.75, 3.05) is 13.1 Å². The lowest BCUT2D eigenvalue weighted by molar-refractivity contribution is 0.0927. The zero-order valence-corrected chi connectivity index (χ0v) is 10.4. The number of benzene rings is 1. The van der Waals surface area contributed by atoms with Gasteiger partial charge in [0.2, 0.25) is 0 Å². The highest BCUT2D eigenvalue weighted by Crippen LogP contribution is 2.19. The normalized spacial score (nSPS) is 16.7. The Morgan fingerprint density at radius 3 is 2.95 bits per heavy atom. The van der Waals surface area contributed by atoms with Crippen LogP contribution in [0, 0.1) is 5.82 Å². The molecule has 1 fully saturated rings. The van der Waals surface area contributed by atoms with Gasteiger partial charge in [-0.05, 0) is 38.1 Å². The Morgan fingerprint density at radius 1 is 1.37 bits per heavy atom. The molecule has 1 aromatic heterocycles. The Hall–Kier alpha value is -1.95. The number of nitrogens with one attached hydrogen (secondary N) is 3. The second-order valence-electron chi connectivity index (χ2n) is 4.72. The third-order valence-corrected chi connectivity index (χ3v) is 3.44. The van der Waals surface area contributed by atoms with Crippen molar-refractivity contribution in [2.24, 2.45) is 0 Å². The quantitative estimate of drug-likeness (QED) is 0.761. The minimum Gasteiger partial charge on any atom is -0.349 e. The van der Waals surface area contributed by atoms with E-state index in [9.17, 15) is 9.18 Å². The molecule has 100 valence electrons. The first-order valence-corrected chi connectivity index (χ1v) is 6.39. The molecule has 0 aliphatic carbocycles. The molecular formula is C13H15FN4O. The van der Waals surface area contributed by atoms with Crippen molar-refractivity contribution >= 4 is 16.9 Å². The van der Waals surface area contributed by atoms with Gasteiger partial charge in [-0.1, -0.05) is 0 Å². The molecule has 5 nitrogen and oxygen atoms in total. The van der Waals surface area contributed by atoms with Gasteiger partial charge < -0.3 is 15.6 Å². The number of halogens is 1. The molecule has 0 unspecified atom stereocenters. The maximum atomic E-state index is 13.9. The summed E-state index contributed by atoms with van der Waals surface area (Å²) in [7, 11) is 0. The number of imidazole rings is 1. The number of amides is 1. The average molecular weight is 262 g/mol. The van der Waals surface area contributed by atoms with Crippen molar-refractivity contribution < 1.29 is 9.18 Å². The van der Waals surface area contributed by atoms with Crippen LogP contribution in [0.15, 0.2) is 18.5 Å². The molecule has 1 saturated heterocycles. The maximum Gasteiger partial charge on any atom is 0.256 e. The van der Waals surface area contributed by atoms with E-state index in [1.54, 1.807) is 6.07 Å². The molecule has 0 radical (unpaired) electrons. The lowest BCUT2D eigenvalue weighted by Crippen LogP contribution is -2.43. The van der Waals surface area contributed by atoms with Gasteiger partial charge in [-0.25, -0.2) is 9.37 Å². The Bertz CT molecular complexity index is 604. The lowest BCUT2D eigenvalue weighted by atomic mass is 10.1. The first-order chi connectivity index (χ1) is 9.25. The predicted octanol–water partition coefficient (Wildman–Crippen LogP) is 1.18. The van der Waals surface area contributed by atoms with Crippen LogP contribution in [0.25, 0.3) is 11.0 Å². The van der Waals surface area contributed by atoms with Crippen LogP contribution in [0.4, 0.5) is 4.39 Å². The van der Waals surface area contributed by atoms with Gasteiger partial charge in [0.1, 0.15) is 16.9 Å². The summed E-state index contributed by atoms with van der Waals surface area (Å²) in [6.45, 7) is 1.75. The summed E-state index contributed by atoms with van der Waals surface area (Å²) in [5, 5.41) is 6.11. The highest BCUT2D eigenvalue weighted by Gasteiger charge is 2.21. The van der Waals surface area contributed by atoms with Gasteiger partial charge in [0, 0.05) is 6.04 Å². The molecular weight excluding hydrogens is 247 g/mol. The molecule has 0 atom stereocenters. The Labute approximate surface area is 109 Å². The molecule has 3 rings (SSSR count). The van der Waals surface area contributed by atoms with Gasteiger partial charge in [0.25, 0.3) is 5.91 Å². The van der Waals surface area contributed by atoms with Crippen LogP contribution in [0.3, 0.4) is 0 Å². The van der Waals surface area contributed by atoms with Crippen molar-refractivity contribution in [1.29, 1.82) is 0 Å². The van der Waals surface area contributed by atoms with E-state index < -0.39 is 5.82 Å². The molecule has 0 spiro atoms. The van der Waals surface area contributed by atoms with Crippen molar-refractivity contribution in [2.45, 2.75) is 18.9 Å². The van der Waals surface area contributed by atoms with Crippen molar-refractivity contribution in [3.05, 3.63) is 29.8 Å². The zero-order chi connectivity index (χ0) is 13.2. The van der Waals surface area contributed by atoms with Gasteiger partial charge in [-0.2, -0.15) is 0 Å². The molecule has 0 saturated carbocycles. The molecule has 6 heteroatoms. The first-order valence-electron chi connectivity index (χ1n) is 6.39. The first kappa shape index (κ1) is 12.1. The summed E-state index contributed by atoms with van der Waals surface area (Å²) in [6.07, 6.45) is 3.19. The Morgan fingerprint density at radius 2 is 2.16 bits per heavy atom. The maximum absolute atomic E-state index is 13.9. The molecule has 3 N–H and O–H groups in total. The van der Waals surface area contributed by atoms with E-state index in [0.717, 1.165) is 25.9 Å². The van der Waals surface area contributed by atoms with E-state index in [4.69, 9.17) is 0 Å². The molecule has 2 heterocycles. The van der Waals surface area contributed by atoms with E-state index in [-0.39, 0.29) is 17.5 Å². The number of carbonyl (C=O) groups excluding carboxylic acids is 1. The Kier molecular flexibility index (Phi) is 3.16. The lowest BCUT2D eigenvalue weighted by Gasteiger charge is -2.23. The summed E-state index contributed by atoms with van der Waals surface area (Å²) < 4.78 is 13.9. The molecule has 2 aromatic rings. The standard InChI is InChI=1S/C13H15FN4O/c14-9-1-2-10-12(17-7-16-10)11(9)13(19)18-8-3-5-15-6-4-8/h1-2,7-8,15H,3-6H2,(H,16,17)(H,18,19). The van der Waals surface area contributed by atoms with E-state index in [1.807, 2.05) is 0 Å². The summed E-state index contributed by atoms with van der Waals surface area (Å²) in [6, 6.07) is 2.97. The van der Waals surface area contributed by atoms with E-state index >= 15 is 0 Å². The van der Waals surface area contributed by atoms with Gasteiger partial charge in [-0.3, -0.25) is 4.79 Å². The summed E-state index contributed by atoms with van der Waals surface area (Å²) >= 11 is 0. The third kappa shape index (κ3) is 2.31. The monoisotopic (exact) mass is 262 g/mol. The minimum absolute atomic E-state index is 0.0253. The molecule has 0 bridgehead atoms. The molecule has 19 heavy (non-hydrogen) atoms. The number of aromatic amines is 1. The van der Waals surface area contributed by atoms with Crippen LogP contribution in [0.2, 0.25) is 0 Å². The fourth-order valence-corrected chi connectivity index (χ4v) is 2.42. The number of hydrogen-bond donors (Lipinski definition) is 3. The number of aromatic nitrogens is 2. The molecule has 1 aliphatic heterocycles. The van der Waals surface area contributed by atoms with Crippen molar-refractivity contribution in [3.63, 3.8) is 0 Å². The van der Waals surface area contributed by atoms with Crippen molar-refractivity contribution in [3.8, 4) is 0 Å². The Balaban J connectivity index is 1.88. The topological polar surface area (TPSA) is 69.8 Å². The summed E-state index contributed by atoms with van der Waals surface area (Å²) in [4.78, 5) is 19.1.